The molecule has 0 aromatic carbocycles. The molecule has 0 saturated carbocycles. The van der Waals surface area contributed by atoms with Crippen LogP contribution in [0.15, 0.2) is 12.1 Å². The highest BCUT2D eigenvalue weighted by molar-refractivity contribution is 7.35. The van der Waals surface area contributed by atoms with Crippen LogP contribution in [0.4, 0.5) is 0 Å². The molecule has 2 aromatic heterocycles. The summed E-state index contributed by atoms with van der Waals surface area (Å²) in [7, 11) is -2.67. The molecule has 0 fully saturated rings. The molecule has 1 atom stereocenters. The van der Waals surface area contributed by atoms with Crippen molar-refractivity contribution in [3.8, 4) is 9.75 Å². The van der Waals surface area contributed by atoms with E-state index in [1.54, 1.807) is 24.6 Å². The Morgan fingerprint density at radius 2 is 1.61 bits per heavy atom. The van der Waals surface area contributed by atoms with Crippen molar-refractivity contribution < 1.29 is 0 Å². The van der Waals surface area contributed by atoms with E-state index in [0.717, 1.165) is 0 Å². The van der Waals surface area contributed by atoms with Crippen molar-refractivity contribution in [3.63, 3.8) is 0 Å². The molecule has 3 rings (SSSR count). The van der Waals surface area contributed by atoms with Gasteiger partial charge in [-0.2, -0.15) is 0 Å². The zero-order valence-corrected chi connectivity index (χ0v) is 19.1. The van der Waals surface area contributed by atoms with Crippen molar-refractivity contribution in [1.29, 1.82) is 0 Å². The first-order valence-corrected chi connectivity index (χ1v) is 16.9. The number of hydrogen-bond donors (Lipinski definition) is 0. The Morgan fingerprint density at radius 3 is 2.26 bits per heavy atom. The largest absolute Gasteiger partial charge is 0.144 e. The topological polar surface area (TPSA) is 0 Å². The van der Waals surface area contributed by atoms with Crippen molar-refractivity contribution in [1.82, 2.24) is 0 Å². The summed E-state index contributed by atoms with van der Waals surface area (Å²) in [6, 6.07) is 6.64. The van der Waals surface area contributed by atoms with Gasteiger partial charge in [-0.1, -0.05) is 64.9 Å². The summed E-state index contributed by atoms with van der Waals surface area (Å²) >= 11 is 4.19. The standard InChI is InChI=1S/C19H30S2Si2/c1-7-8-9-10-11-23(6)15-12-14(2)20-18(15)19-16(23)13-17(21-19)22(3,4)5/h12-13H,7-11H2,1-6H3. The summed E-state index contributed by atoms with van der Waals surface area (Å²) in [4.78, 5) is 4.83. The summed E-state index contributed by atoms with van der Waals surface area (Å²) in [5.74, 6) is 0. The molecule has 0 nitrogen and oxygen atoms in total. The first-order chi connectivity index (χ1) is 10.8. The predicted molar refractivity (Wildman–Crippen MR) is 115 cm³/mol. The number of unbranched alkanes of at least 4 members (excludes halogenated alkanes) is 3. The summed E-state index contributed by atoms with van der Waals surface area (Å²) in [5, 5.41) is 3.55. The Labute approximate surface area is 152 Å². The summed E-state index contributed by atoms with van der Waals surface area (Å²) < 4.78 is 1.71. The van der Waals surface area contributed by atoms with Gasteiger partial charge >= 0.3 is 0 Å². The molecular weight excluding hydrogens is 349 g/mol. The third kappa shape index (κ3) is 3.08. The van der Waals surface area contributed by atoms with E-state index in [4.69, 9.17) is 0 Å². The number of fused-ring (bicyclic) bond motifs is 3. The number of aryl methyl sites for hydroxylation is 1. The Bertz CT molecular complexity index is 706. The molecule has 126 valence electrons. The summed E-state index contributed by atoms with van der Waals surface area (Å²) in [5.41, 5.74) is 0. The molecule has 0 N–H and O–H groups in total. The van der Waals surface area contributed by atoms with E-state index in [1.165, 1.54) is 36.6 Å². The van der Waals surface area contributed by atoms with Gasteiger partial charge in [0.15, 0.2) is 0 Å². The van der Waals surface area contributed by atoms with Gasteiger partial charge in [-0.25, -0.2) is 0 Å². The molecule has 0 saturated heterocycles. The Morgan fingerprint density at radius 1 is 0.957 bits per heavy atom. The second-order valence-corrected chi connectivity index (χ2v) is 20.3. The average molecular weight is 379 g/mol. The fraction of sp³-hybridized carbons (Fsp3) is 0.579. The van der Waals surface area contributed by atoms with E-state index < -0.39 is 16.1 Å². The summed E-state index contributed by atoms with van der Waals surface area (Å²) in [6.07, 6.45) is 5.57. The molecule has 0 spiro atoms. The Hall–Kier alpha value is -0.166. The van der Waals surface area contributed by atoms with Crippen molar-refractivity contribution >= 4 is 53.7 Å². The zero-order chi connectivity index (χ0) is 16.8. The minimum absolute atomic E-state index is 1.20. The van der Waals surface area contributed by atoms with Crippen LogP contribution in [0.1, 0.15) is 37.5 Å². The molecule has 0 radical (unpaired) electrons. The maximum Gasteiger partial charge on any atom is 0.119 e. The Balaban J connectivity index is 2.01. The third-order valence-electron chi connectivity index (χ3n) is 5.25. The normalized spacial score (nSPS) is 19.9. The van der Waals surface area contributed by atoms with Crippen molar-refractivity contribution in [2.24, 2.45) is 0 Å². The minimum atomic E-state index is -1.47. The van der Waals surface area contributed by atoms with Gasteiger partial charge in [-0.3, -0.25) is 0 Å². The molecule has 0 aliphatic carbocycles. The highest BCUT2D eigenvalue weighted by Crippen LogP contribution is 2.39. The van der Waals surface area contributed by atoms with Crippen LogP contribution < -0.4 is 14.9 Å². The quantitative estimate of drug-likeness (QED) is 0.465. The van der Waals surface area contributed by atoms with Gasteiger partial charge in [0.25, 0.3) is 0 Å². The highest BCUT2D eigenvalue weighted by atomic mass is 32.1. The molecular formula is C19H30S2Si2. The maximum atomic E-state index is 2.65. The zero-order valence-electron chi connectivity index (χ0n) is 15.5. The van der Waals surface area contributed by atoms with Crippen LogP contribution in [0.2, 0.25) is 32.2 Å². The highest BCUT2D eigenvalue weighted by Gasteiger charge is 2.44. The molecule has 4 heteroatoms. The van der Waals surface area contributed by atoms with Crippen LogP contribution in [0.5, 0.6) is 0 Å². The van der Waals surface area contributed by atoms with Crippen LogP contribution in [0, 0.1) is 6.92 Å². The van der Waals surface area contributed by atoms with E-state index >= 15 is 0 Å². The van der Waals surface area contributed by atoms with E-state index in [-0.39, 0.29) is 0 Å². The monoisotopic (exact) mass is 378 g/mol. The van der Waals surface area contributed by atoms with Gasteiger partial charge in [0.2, 0.25) is 0 Å². The van der Waals surface area contributed by atoms with Crippen LogP contribution in [-0.4, -0.2) is 16.1 Å². The number of hydrogen-bond acceptors (Lipinski definition) is 2. The number of thiophene rings is 2. The average Bonchev–Trinajstić information content (AvgIpc) is 3.10. The molecule has 1 unspecified atom stereocenters. The van der Waals surface area contributed by atoms with Gasteiger partial charge in [-0.15, -0.1) is 22.7 Å². The van der Waals surface area contributed by atoms with E-state index in [0.29, 0.717) is 0 Å². The first-order valence-electron chi connectivity index (χ1n) is 9.03. The smallest absolute Gasteiger partial charge is 0.119 e. The molecule has 2 aromatic rings. The van der Waals surface area contributed by atoms with Gasteiger partial charge in [0, 0.05) is 14.6 Å². The van der Waals surface area contributed by atoms with Crippen molar-refractivity contribution in [2.75, 3.05) is 0 Å². The van der Waals surface area contributed by atoms with Gasteiger partial charge in [-0.05, 0) is 33.9 Å². The predicted octanol–water partition coefficient (Wildman–Crippen LogP) is 5.42. The lowest BCUT2D eigenvalue weighted by atomic mass is 10.2. The Kier molecular flexibility index (Phi) is 4.82. The van der Waals surface area contributed by atoms with Crippen LogP contribution in [0.25, 0.3) is 9.75 Å². The van der Waals surface area contributed by atoms with Crippen molar-refractivity contribution in [3.05, 3.63) is 17.0 Å². The SMILES string of the molecule is CCCCCC[Si]1(C)c2cc(C)sc2-c2sc([Si](C)(C)C)cc21. The lowest BCUT2D eigenvalue weighted by Crippen LogP contribution is -2.52. The first kappa shape index (κ1) is 17.7. The molecule has 3 heterocycles. The van der Waals surface area contributed by atoms with Crippen molar-refractivity contribution in [2.45, 2.75) is 71.8 Å². The van der Waals surface area contributed by atoms with Gasteiger partial charge in [0.1, 0.15) is 8.07 Å². The van der Waals surface area contributed by atoms with E-state index in [2.05, 4.69) is 74.8 Å². The lowest BCUT2D eigenvalue weighted by Gasteiger charge is -2.24. The van der Waals surface area contributed by atoms with Crippen LogP contribution in [0.3, 0.4) is 0 Å². The van der Waals surface area contributed by atoms with E-state index in [1.807, 2.05) is 0 Å². The summed E-state index contributed by atoms with van der Waals surface area (Å²) in [6.45, 7) is 14.7. The fourth-order valence-electron chi connectivity index (χ4n) is 3.75. The molecule has 1 aliphatic rings. The number of rotatable bonds is 6. The lowest BCUT2D eigenvalue weighted by molar-refractivity contribution is 0.698. The van der Waals surface area contributed by atoms with Crippen LogP contribution in [-0.2, 0) is 0 Å². The molecule has 0 bridgehead atoms. The fourth-order valence-corrected chi connectivity index (χ4v) is 14.0. The maximum absolute atomic E-state index is 2.65. The van der Waals surface area contributed by atoms with E-state index in [9.17, 15) is 0 Å². The third-order valence-corrected chi connectivity index (χ3v) is 16.1. The van der Waals surface area contributed by atoms with Gasteiger partial charge < -0.3 is 0 Å². The molecule has 1 aliphatic heterocycles. The van der Waals surface area contributed by atoms with Crippen LogP contribution >= 0.6 is 22.7 Å². The molecule has 23 heavy (non-hydrogen) atoms. The second-order valence-electron chi connectivity index (χ2n) is 8.35. The second kappa shape index (κ2) is 6.28. The minimum Gasteiger partial charge on any atom is -0.144 e. The van der Waals surface area contributed by atoms with Gasteiger partial charge in [0.05, 0.1) is 8.07 Å². The molecule has 0 amide bonds.